The molecule has 0 heterocycles. The van der Waals surface area contributed by atoms with E-state index in [4.69, 9.17) is 103 Å². The SMILES string of the molecule is COc1ccc(N(C(=O)OC(C)(C)C)S(=O)(=O)c2ccc(C#N)cc2)cc1.COc1ccc(N(C(=O)OC(C)(C)C)S(=O)(=O)c2ccc(C(N)(C(F)(F)F)C(F)(F)F)cc2)cc1.COc1ccc(N)cc1.C[Si](C)(C)C(F)(F)F.N#Cc1ccc(S(=O)(=O)Cl)cc1.[B]B([B])B(B([B])[B])B([B])[B]. The Labute approximate surface area is 598 Å². The van der Waals surface area contributed by atoms with Crippen LogP contribution in [-0.2, 0) is 44.1 Å². The van der Waals surface area contributed by atoms with E-state index < -0.39 is 120 Å². The number of methoxy groups -OCH3 is 3. The molecule has 101 heavy (non-hydrogen) atoms. The normalized spacial score (nSPS) is 11.7. The lowest BCUT2D eigenvalue weighted by Gasteiger charge is -2.34. The Bertz CT molecular complexity index is 4040. The number of rotatable bonds is 14. The Morgan fingerprint density at radius 2 is 0.743 bits per heavy atom. The van der Waals surface area contributed by atoms with Crippen LogP contribution in [0, 0.1) is 22.7 Å². The molecule has 2 amide bonds. The topological polar surface area (TPSA) is 289 Å². The lowest BCUT2D eigenvalue weighted by Crippen LogP contribution is -2.62. The van der Waals surface area contributed by atoms with E-state index in [1.165, 1.54) is 140 Å². The van der Waals surface area contributed by atoms with Gasteiger partial charge in [0.1, 0.15) is 28.5 Å². The van der Waals surface area contributed by atoms with Gasteiger partial charge in [-0.05, 0) is 181 Å². The van der Waals surface area contributed by atoms with E-state index >= 15 is 0 Å². The van der Waals surface area contributed by atoms with Gasteiger partial charge in [0.25, 0.3) is 29.1 Å². The molecular weight excluding hydrogens is 1430 g/mol. The lowest BCUT2D eigenvalue weighted by atomic mass is 8.58. The predicted molar refractivity (Wildman–Crippen MR) is 382 cm³/mol. The highest BCUT2D eigenvalue weighted by Crippen LogP contribution is 2.48. The van der Waals surface area contributed by atoms with Gasteiger partial charge in [-0.15, -0.1) is 0 Å². The molecule has 0 aromatic heterocycles. The van der Waals surface area contributed by atoms with Gasteiger partial charge in [-0.2, -0.15) is 58.6 Å². The summed E-state index contributed by atoms with van der Waals surface area (Å²) in [4.78, 5) is 24.6. The van der Waals surface area contributed by atoms with Crippen molar-refractivity contribution in [3.8, 4) is 29.4 Å². The molecule has 6 rings (SSSR count). The summed E-state index contributed by atoms with van der Waals surface area (Å²) in [6, 6.07) is 34.3. The zero-order valence-corrected chi connectivity index (χ0v) is 60.6. The highest BCUT2D eigenvalue weighted by molar-refractivity contribution is 8.13. The Hall–Kier alpha value is -7.62. The van der Waals surface area contributed by atoms with Crippen LogP contribution >= 0.6 is 10.7 Å². The third-order valence-corrected chi connectivity index (χ3v) is 19.0. The van der Waals surface area contributed by atoms with E-state index in [0.717, 1.165) is 11.4 Å². The maximum atomic E-state index is 13.3. The van der Waals surface area contributed by atoms with E-state index in [1.54, 1.807) is 52.1 Å². The molecule has 0 saturated carbocycles. The molecule has 0 unspecified atom stereocenters. The van der Waals surface area contributed by atoms with Crippen LogP contribution in [0.25, 0.3) is 0 Å². The highest BCUT2D eigenvalue weighted by Gasteiger charge is 2.69. The summed E-state index contributed by atoms with van der Waals surface area (Å²) >= 11 is 0. The van der Waals surface area contributed by atoms with Gasteiger partial charge >= 0.3 is 30.3 Å². The fourth-order valence-electron chi connectivity index (χ4n) is 7.08. The van der Waals surface area contributed by atoms with Crippen LogP contribution in [0.5, 0.6) is 17.2 Å². The molecule has 526 valence electrons. The van der Waals surface area contributed by atoms with Crippen molar-refractivity contribution < 1.29 is 98.0 Å². The number of amides is 2. The molecule has 0 bridgehead atoms. The Balaban J connectivity index is 0.000000672. The van der Waals surface area contributed by atoms with Crippen LogP contribution in [0.3, 0.4) is 0 Å². The number of halogens is 10. The van der Waals surface area contributed by atoms with Crippen molar-refractivity contribution in [3.05, 3.63) is 162 Å². The van der Waals surface area contributed by atoms with Gasteiger partial charge in [-0.1, -0.05) is 31.8 Å². The zero-order valence-electron chi connectivity index (χ0n) is 56.4. The molecule has 0 aliphatic carbocycles. The number of hydrogen-bond donors (Lipinski definition) is 2. The Kier molecular flexibility index (Phi) is 33.9. The minimum atomic E-state index is -5.93. The zero-order chi connectivity index (χ0) is 78.5. The Morgan fingerprint density at radius 1 is 0.485 bits per heavy atom. The summed E-state index contributed by atoms with van der Waals surface area (Å²) < 4.78 is 215. The van der Waals surface area contributed by atoms with Crippen LogP contribution in [0.15, 0.2) is 160 Å². The van der Waals surface area contributed by atoms with Gasteiger partial charge in [0.15, 0.2) is 8.07 Å². The molecule has 0 spiro atoms. The quantitative estimate of drug-likeness (QED) is 0.0443. The number of sulfonamides is 2. The van der Waals surface area contributed by atoms with E-state index in [-0.39, 0.29) is 37.6 Å². The largest absolute Gasteiger partial charge is 0.497 e. The summed E-state index contributed by atoms with van der Waals surface area (Å²) in [6.07, 6.45) is -16.7. The monoisotopic (exact) mass is 1490 g/mol. The molecule has 0 atom stereocenters. The smallest absolute Gasteiger partial charge is 0.429 e. The number of ether oxygens (including phenoxy) is 5. The number of benzene rings is 6. The average molecular weight is 1490 g/mol. The molecule has 43 heteroatoms. The first-order valence-corrected chi connectivity index (χ1v) is 37.4. The first-order chi connectivity index (χ1) is 45.9. The lowest BCUT2D eigenvalue weighted by molar-refractivity contribution is -0.301. The molecule has 0 aliphatic rings. The molecular formula is C58H64B10ClF9N6O13S3Si. The minimum Gasteiger partial charge on any atom is -0.497 e. The minimum absolute atomic E-state index is 0.00293. The van der Waals surface area contributed by atoms with Crippen molar-refractivity contribution in [3.63, 3.8) is 0 Å². The van der Waals surface area contributed by atoms with Gasteiger partial charge in [0, 0.05) is 88.3 Å². The fourth-order valence-corrected chi connectivity index (χ4v) is 10.5. The second-order valence-corrected chi connectivity index (χ2v) is 35.0. The van der Waals surface area contributed by atoms with Crippen LogP contribution in [-0.4, -0.2) is 168 Å². The van der Waals surface area contributed by atoms with Crippen molar-refractivity contribution in [1.82, 2.24) is 0 Å². The van der Waals surface area contributed by atoms with E-state index in [9.17, 15) is 74.4 Å². The molecule has 4 N–H and O–H groups in total. The number of carbonyl (C=O) groups is 2. The van der Waals surface area contributed by atoms with Gasteiger partial charge < -0.3 is 35.2 Å². The fraction of sp³-hybridized carbons (Fsp3) is 0.310. The third-order valence-electron chi connectivity index (χ3n) is 12.6. The molecule has 0 aliphatic heterocycles. The second kappa shape index (κ2) is 37.5. The Morgan fingerprint density at radius 3 is 0.950 bits per heavy atom. The van der Waals surface area contributed by atoms with Crippen LogP contribution in [0.1, 0.15) is 58.2 Å². The summed E-state index contributed by atoms with van der Waals surface area (Å²) in [6.45, 7) is 13.2. The van der Waals surface area contributed by atoms with E-state index in [1.807, 2.05) is 24.3 Å². The number of nitrogens with two attached hydrogens (primary N) is 2. The molecule has 12 radical (unpaired) electrons. The van der Waals surface area contributed by atoms with E-state index in [0.29, 0.717) is 39.1 Å². The van der Waals surface area contributed by atoms with Crippen LogP contribution in [0.2, 0.25) is 19.6 Å². The van der Waals surface area contributed by atoms with Crippen molar-refractivity contribution in [2.24, 2.45) is 5.73 Å². The maximum absolute atomic E-state index is 13.3. The number of alkyl halides is 9. The standard InChI is InChI=1S/C21H22F6N2O5S.C19H20N2O5S.C7H4ClNO2S.C7H9NO.C4H9F3Si.B10/c1-18(2,3)34-17(30)29(14-7-9-15(33-4)10-8-14)35(31,32)16-11-5-13(6-12-16)19(28,20(22,23)24)21(25,26)27;1-19(2,3)26-18(22)21(15-7-9-16(25-4)10-8-15)27(23,24)17-11-5-14(13-20)6-12-17;8-12(10,11)7-3-1-6(5-9)2-4-7;1-9-7-4-2-6(8)3-5-7;1-8(2,3)4(5,6)7;1-7(2)10(8(3)4)9(5)6/h5-12H,28H2,1-4H3;5-12H,1-4H3;1-4H;2-5H,8H2,1H3;1-3H3;. The van der Waals surface area contributed by atoms with Gasteiger partial charge in [-0.25, -0.2) is 34.8 Å². The van der Waals surface area contributed by atoms with Crippen molar-refractivity contribution in [2.75, 3.05) is 35.7 Å². The molecule has 0 saturated heterocycles. The average Bonchev–Trinajstić information content (AvgIpc) is 0.747. The van der Waals surface area contributed by atoms with Crippen LogP contribution < -0.4 is 34.3 Å². The van der Waals surface area contributed by atoms with Gasteiger partial charge in [-0.3, -0.25) is 0 Å². The third kappa shape index (κ3) is 28.3. The number of nitrogen functional groups attached to an aromatic ring is 1. The maximum Gasteiger partial charge on any atom is 0.429 e. The van der Waals surface area contributed by atoms with Crippen LogP contribution in [0.4, 0.5) is 66.2 Å². The molecule has 6 aromatic carbocycles. The summed E-state index contributed by atoms with van der Waals surface area (Å²) in [7, 11) is 25.6. The van der Waals surface area contributed by atoms with E-state index in [2.05, 4.69) is 0 Å². The van der Waals surface area contributed by atoms with Gasteiger partial charge in [0.2, 0.25) is 5.54 Å². The number of nitrogens with zero attached hydrogens (tertiary/aromatic N) is 4. The second-order valence-electron chi connectivity index (χ2n) is 23.8. The van der Waals surface area contributed by atoms with Crippen molar-refractivity contribution in [2.45, 2.75) is 111 Å². The first-order valence-electron chi connectivity index (χ1n) is 28.7. The molecule has 6 aromatic rings. The van der Waals surface area contributed by atoms with Gasteiger partial charge in [0.05, 0.1) is 70.7 Å². The number of hydrogen-bond acceptors (Lipinski definition) is 17. The first kappa shape index (κ1) is 91.4. The summed E-state index contributed by atoms with van der Waals surface area (Å²) in [5, 5.41) is 17.3. The highest BCUT2D eigenvalue weighted by atomic mass is 35.7. The summed E-state index contributed by atoms with van der Waals surface area (Å²) in [5.74, 6) is -2.26. The molecule has 19 nitrogen and oxygen atoms in total. The van der Waals surface area contributed by atoms with Crippen molar-refractivity contribution in [1.29, 1.82) is 10.5 Å². The number of anilines is 3. The predicted octanol–water partition coefficient (Wildman–Crippen LogP) is 10.2. The number of carbonyl (C=O) groups excluding carboxylic acids is 2. The number of nitriles is 2. The summed E-state index contributed by atoms with van der Waals surface area (Å²) in [5.41, 5.74) is 3.30. The van der Waals surface area contributed by atoms with Crippen molar-refractivity contribution >= 4 is 149 Å². The molecule has 0 fully saturated rings.